The van der Waals surface area contributed by atoms with E-state index in [9.17, 15) is 9.59 Å². The van der Waals surface area contributed by atoms with Crippen LogP contribution in [0.3, 0.4) is 0 Å². The van der Waals surface area contributed by atoms with E-state index in [1.807, 2.05) is 0 Å². The van der Waals surface area contributed by atoms with Crippen molar-refractivity contribution in [3.8, 4) is 11.5 Å². The zero-order valence-corrected chi connectivity index (χ0v) is 14.1. The van der Waals surface area contributed by atoms with Crippen molar-refractivity contribution in [2.75, 3.05) is 12.4 Å². The van der Waals surface area contributed by atoms with Crippen LogP contribution in [0.15, 0.2) is 54.6 Å². The van der Waals surface area contributed by atoms with Crippen LogP contribution < -0.4 is 14.8 Å². The van der Waals surface area contributed by atoms with Crippen LogP contribution in [0.5, 0.6) is 11.5 Å². The normalized spacial score (nSPS) is 10.5. The number of hydrogen-bond donors (Lipinski definition) is 1. The van der Waals surface area contributed by atoms with E-state index >= 15 is 0 Å². The Bertz CT molecular complexity index is 790. The van der Waals surface area contributed by atoms with Gasteiger partial charge in [-0.25, -0.2) is 4.79 Å². The summed E-state index contributed by atoms with van der Waals surface area (Å²) in [5.41, 5.74) is 0.388. The molecule has 2 rings (SSSR count). The molecule has 5 nitrogen and oxygen atoms in total. The van der Waals surface area contributed by atoms with E-state index < -0.39 is 11.9 Å². The number of nitrogens with one attached hydrogen (secondary N) is 1. The fraction of sp³-hybridized carbons (Fsp3) is 0.0588. The van der Waals surface area contributed by atoms with E-state index in [-0.39, 0.29) is 5.75 Å². The van der Waals surface area contributed by atoms with Gasteiger partial charge in [0.2, 0.25) is 5.91 Å². The fourth-order valence-corrected chi connectivity index (χ4v) is 2.11. The molecule has 0 atom stereocenters. The Morgan fingerprint density at radius 1 is 1.04 bits per heavy atom. The van der Waals surface area contributed by atoms with Gasteiger partial charge in [0.05, 0.1) is 17.8 Å². The lowest BCUT2D eigenvalue weighted by Crippen LogP contribution is -2.11. The summed E-state index contributed by atoms with van der Waals surface area (Å²) >= 11 is 11.8. The van der Waals surface area contributed by atoms with Gasteiger partial charge in [0, 0.05) is 17.2 Å². The Morgan fingerprint density at radius 2 is 1.79 bits per heavy atom. The summed E-state index contributed by atoms with van der Waals surface area (Å²) in [5, 5.41) is 3.30. The van der Waals surface area contributed by atoms with Gasteiger partial charge >= 0.3 is 5.97 Å². The number of rotatable bonds is 5. The highest BCUT2D eigenvalue weighted by atomic mass is 35.5. The Balaban J connectivity index is 1.99. The molecule has 124 valence electrons. The molecule has 0 heterocycles. The van der Waals surface area contributed by atoms with Crippen LogP contribution in [0.25, 0.3) is 0 Å². The molecule has 2 aromatic carbocycles. The lowest BCUT2D eigenvalue weighted by atomic mass is 10.3. The molecule has 0 bridgehead atoms. The van der Waals surface area contributed by atoms with Gasteiger partial charge in [-0.1, -0.05) is 35.3 Å². The molecule has 0 saturated heterocycles. The zero-order valence-electron chi connectivity index (χ0n) is 12.6. The summed E-state index contributed by atoms with van der Waals surface area (Å²) in [6.07, 6.45) is 2.04. The summed E-state index contributed by atoms with van der Waals surface area (Å²) in [6, 6.07) is 11.3. The van der Waals surface area contributed by atoms with Crippen molar-refractivity contribution in [1.29, 1.82) is 0 Å². The highest BCUT2D eigenvalue weighted by Crippen LogP contribution is 2.27. The van der Waals surface area contributed by atoms with Crippen LogP contribution in [-0.4, -0.2) is 19.0 Å². The maximum Gasteiger partial charge on any atom is 0.336 e. The van der Waals surface area contributed by atoms with Crippen LogP contribution in [0.2, 0.25) is 10.0 Å². The van der Waals surface area contributed by atoms with Gasteiger partial charge in [-0.3, -0.25) is 4.79 Å². The highest BCUT2D eigenvalue weighted by molar-refractivity contribution is 6.32. The van der Waals surface area contributed by atoms with E-state index in [2.05, 4.69) is 5.32 Å². The van der Waals surface area contributed by atoms with Gasteiger partial charge < -0.3 is 14.8 Å². The number of anilines is 1. The summed E-state index contributed by atoms with van der Waals surface area (Å²) in [6.45, 7) is 0. The van der Waals surface area contributed by atoms with E-state index in [0.717, 1.165) is 12.2 Å². The minimum absolute atomic E-state index is 0.214. The third-order valence-corrected chi connectivity index (χ3v) is 3.38. The third-order valence-electron chi connectivity index (χ3n) is 2.84. The van der Waals surface area contributed by atoms with Gasteiger partial charge in [-0.15, -0.1) is 0 Å². The number of benzene rings is 2. The quantitative estimate of drug-likeness (QED) is 0.492. The number of para-hydroxylation sites is 1. The number of hydrogen-bond acceptors (Lipinski definition) is 4. The lowest BCUT2D eigenvalue weighted by Gasteiger charge is -2.08. The van der Waals surface area contributed by atoms with Crippen LogP contribution in [0, 0.1) is 0 Å². The molecular formula is C17H13Cl2NO4. The molecule has 1 amide bonds. The number of methoxy groups -OCH3 is 1. The smallest absolute Gasteiger partial charge is 0.336 e. The summed E-state index contributed by atoms with van der Waals surface area (Å²) < 4.78 is 10.1. The molecule has 0 aliphatic heterocycles. The van der Waals surface area contributed by atoms with Crippen molar-refractivity contribution in [3.63, 3.8) is 0 Å². The molecule has 0 fully saturated rings. The molecule has 7 heteroatoms. The number of ether oxygens (including phenoxy) is 2. The van der Waals surface area contributed by atoms with Gasteiger partial charge in [-0.2, -0.15) is 0 Å². The first-order valence-electron chi connectivity index (χ1n) is 6.78. The van der Waals surface area contributed by atoms with Crippen LogP contribution in [-0.2, 0) is 9.59 Å². The predicted molar refractivity (Wildman–Crippen MR) is 92.9 cm³/mol. The average Bonchev–Trinajstić information content (AvgIpc) is 2.55. The van der Waals surface area contributed by atoms with Crippen LogP contribution in [0.1, 0.15) is 0 Å². The van der Waals surface area contributed by atoms with Gasteiger partial charge in [-0.05, 0) is 30.3 Å². The first kappa shape index (κ1) is 17.8. The molecule has 1 N–H and O–H groups in total. The Hall–Kier alpha value is -2.50. The second-order valence-corrected chi connectivity index (χ2v) is 5.36. The molecule has 0 unspecified atom stereocenters. The highest BCUT2D eigenvalue weighted by Gasteiger charge is 2.08. The van der Waals surface area contributed by atoms with Crippen LogP contribution in [0.4, 0.5) is 5.69 Å². The molecule has 0 aliphatic carbocycles. The monoisotopic (exact) mass is 365 g/mol. The number of carbonyl (C=O) groups is 2. The van der Waals surface area contributed by atoms with Crippen molar-refractivity contribution in [2.45, 2.75) is 0 Å². The van der Waals surface area contributed by atoms with Crippen molar-refractivity contribution >= 4 is 40.8 Å². The molecule has 0 saturated carbocycles. The topological polar surface area (TPSA) is 64.6 Å². The second kappa shape index (κ2) is 8.38. The molecule has 2 aromatic rings. The maximum atomic E-state index is 11.9. The van der Waals surface area contributed by atoms with Crippen molar-refractivity contribution in [3.05, 3.63) is 64.7 Å². The second-order valence-electron chi connectivity index (χ2n) is 4.52. The predicted octanol–water partition coefficient (Wildman–Crippen LogP) is 4.10. The Morgan fingerprint density at radius 3 is 2.50 bits per heavy atom. The minimum Gasteiger partial charge on any atom is -0.495 e. The van der Waals surface area contributed by atoms with Crippen molar-refractivity contribution < 1.29 is 19.1 Å². The number of esters is 1. The largest absolute Gasteiger partial charge is 0.495 e. The van der Waals surface area contributed by atoms with E-state index in [0.29, 0.717) is 21.5 Å². The standard InChI is InChI=1S/C17H13Cl2NO4/c1-23-15-7-6-11(18)10-13(15)20-16(21)8-9-17(22)24-14-5-3-2-4-12(14)19/h2-10H,1H3,(H,20,21)/b9-8+. The first-order chi connectivity index (χ1) is 11.5. The van der Waals surface area contributed by atoms with Gasteiger partial charge in [0.25, 0.3) is 0 Å². The van der Waals surface area contributed by atoms with E-state index in [1.165, 1.54) is 13.2 Å². The lowest BCUT2D eigenvalue weighted by molar-refractivity contribution is -0.129. The Labute approximate surface area is 148 Å². The minimum atomic E-state index is -0.726. The molecule has 24 heavy (non-hydrogen) atoms. The SMILES string of the molecule is COc1ccc(Cl)cc1NC(=O)/C=C/C(=O)Oc1ccccc1Cl. The summed E-state index contributed by atoms with van der Waals surface area (Å²) in [5.74, 6) is -0.603. The van der Waals surface area contributed by atoms with Crippen molar-refractivity contribution in [1.82, 2.24) is 0 Å². The zero-order chi connectivity index (χ0) is 17.5. The average molecular weight is 366 g/mol. The molecule has 0 aliphatic rings. The fourth-order valence-electron chi connectivity index (χ4n) is 1.77. The van der Waals surface area contributed by atoms with Gasteiger partial charge in [0.1, 0.15) is 11.5 Å². The molecule has 0 spiro atoms. The number of carbonyl (C=O) groups excluding carboxylic acids is 2. The number of halogens is 2. The Kier molecular flexibility index (Phi) is 6.23. The number of amides is 1. The molecule has 0 aromatic heterocycles. The third kappa shape index (κ3) is 5.01. The molecule has 0 radical (unpaired) electrons. The van der Waals surface area contributed by atoms with Crippen LogP contribution >= 0.6 is 23.2 Å². The van der Waals surface area contributed by atoms with Gasteiger partial charge in [0.15, 0.2) is 0 Å². The first-order valence-corrected chi connectivity index (χ1v) is 7.54. The molecular weight excluding hydrogens is 353 g/mol. The summed E-state index contributed by atoms with van der Waals surface area (Å²) in [4.78, 5) is 23.6. The summed E-state index contributed by atoms with van der Waals surface area (Å²) in [7, 11) is 1.47. The van der Waals surface area contributed by atoms with Crippen molar-refractivity contribution in [2.24, 2.45) is 0 Å². The maximum absolute atomic E-state index is 11.9. The van der Waals surface area contributed by atoms with E-state index in [1.54, 1.807) is 36.4 Å². The van der Waals surface area contributed by atoms with E-state index in [4.69, 9.17) is 32.7 Å².